The number of nitrogens with one attached hydrogen (secondary N) is 1. The van der Waals surface area contributed by atoms with Crippen LogP contribution in [0.25, 0.3) is 0 Å². The summed E-state index contributed by atoms with van der Waals surface area (Å²) in [6.45, 7) is 0. The molecule has 0 saturated heterocycles. The molecule has 0 unspecified atom stereocenters. The van der Waals surface area contributed by atoms with Crippen molar-refractivity contribution in [2.45, 2.75) is 0 Å². The molecule has 1 N–H and O–H groups in total. The third-order valence-electron chi connectivity index (χ3n) is 2.45. The predicted octanol–water partition coefficient (Wildman–Crippen LogP) is 2.23. The van der Waals surface area contributed by atoms with Gasteiger partial charge in [-0.2, -0.15) is 10.2 Å². The number of rotatable bonds is 4. The number of nitriles is 1. The molecule has 21 heavy (non-hydrogen) atoms. The molecule has 0 saturated carbocycles. The molecule has 0 atom stereocenters. The van der Waals surface area contributed by atoms with Crippen LogP contribution in [0, 0.1) is 27.3 Å². The maximum atomic E-state index is 13.5. The standard InChI is InChI=1S/C12H8FN5O3/c1-15-12-16-6-9(18(19)20)11(17-12)21-10-4-2-3-8(13)7(10)5-14/h2-4,6H,1H3,(H,15,16,17). The lowest BCUT2D eigenvalue weighted by Crippen LogP contribution is -2.02. The van der Waals surface area contributed by atoms with E-state index in [0.717, 1.165) is 12.3 Å². The Morgan fingerprint density at radius 2 is 2.29 bits per heavy atom. The molecule has 2 rings (SSSR count). The number of halogens is 1. The van der Waals surface area contributed by atoms with E-state index in [4.69, 9.17) is 10.00 Å². The topological polar surface area (TPSA) is 114 Å². The fourth-order valence-electron chi connectivity index (χ4n) is 1.48. The molecular weight excluding hydrogens is 281 g/mol. The molecule has 0 bridgehead atoms. The predicted molar refractivity (Wildman–Crippen MR) is 69.4 cm³/mol. The van der Waals surface area contributed by atoms with Crippen LogP contribution in [0.3, 0.4) is 0 Å². The maximum Gasteiger partial charge on any atom is 0.349 e. The van der Waals surface area contributed by atoms with E-state index in [0.29, 0.717) is 0 Å². The van der Waals surface area contributed by atoms with Crippen LogP contribution in [0.1, 0.15) is 5.56 Å². The van der Waals surface area contributed by atoms with Gasteiger partial charge in [-0.3, -0.25) is 10.1 Å². The Kier molecular flexibility index (Phi) is 3.90. The summed E-state index contributed by atoms with van der Waals surface area (Å²) in [5.41, 5.74) is -0.862. The summed E-state index contributed by atoms with van der Waals surface area (Å²) < 4.78 is 18.7. The maximum absolute atomic E-state index is 13.5. The lowest BCUT2D eigenvalue weighted by Gasteiger charge is -2.08. The highest BCUT2D eigenvalue weighted by Crippen LogP contribution is 2.31. The zero-order chi connectivity index (χ0) is 15.4. The number of aromatic nitrogens is 2. The van der Waals surface area contributed by atoms with Gasteiger partial charge in [0.15, 0.2) is 5.75 Å². The van der Waals surface area contributed by atoms with E-state index in [1.807, 2.05) is 0 Å². The highest BCUT2D eigenvalue weighted by atomic mass is 19.1. The Morgan fingerprint density at radius 3 is 2.90 bits per heavy atom. The fraction of sp³-hybridized carbons (Fsp3) is 0.0833. The second kappa shape index (κ2) is 5.79. The largest absolute Gasteiger partial charge is 0.432 e. The minimum absolute atomic E-state index is 0.0884. The monoisotopic (exact) mass is 289 g/mol. The molecule has 1 aromatic carbocycles. The smallest absolute Gasteiger partial charge is 0.349 e. The average Bonchev–Trinajstić information content (AvgIpc) is 2.47. The second-order valence-electron chi connectivity index (χ2n) is 3.72. The second-order valence-corrected chi connectivity index (χ2v) is 3.72. The number of nitrogens with zero attached hydrogens (tertiary/aromatic N) is 4. The first-order valence-corrected chi connectivity index (χ1v) is 5.62. The first-order valence-electron chi connectivity index (χ1n) is 5.62. The molecule has 9 heteroatoms. The first kappa shape index (κ1) is 14.1. The highest BCUT2D eigenvalue weighted by Gasteiger charge is 2.21. The Balaban J connectivity index is 2.51. The summed E-state index contributed by atoms with van der Waals surface area (Å²) in [5.74, 6) is -1.26. The summed E-state index contributed by atoms with van der Waals surface area (Å²) in [5, 5.41) is 22.4. The van der Waals surface area contributed by atoms with Crippen LogP contribution in [0.2, 0.25) is 0 Å². The van der Waals surface area contributed by atoms with Crippen molar-refractivity contribution in [1.29, 1.82) is 5.26 Å². The molecule has 1 aromatic heterocycles. The van der Waals surface area contributed by atoms with E-state index in [2.05, 4.69) is 15.3 Å². The van der Waals surface area contributed by atoms with Crippen molar-refractivity contribution in [1.82, 2.24) is 9.97 Å². The number of benzene rings is 1. The van der Waals surface area contributed by atoms with E-state index in [-0.39, 0.29) is 23.1 Å². The van der Waals surface area contributed by atoms with Gasteiger partial charge in [-0.25, -0.2) is 9.37 Å². The molecule has 0 aliphatic heterocycles. The van der Waals surface area contributed by atoms with Gasteiger partial charge in [-0.05, 0) is 12.1 Å². The zero-order valence-corrected chi connectivity index (χ0v) is 10.7. The van der Waals surface area contributed by atoms with Gasteiger partial charge in [0.25, 0.3) is 0 Å². The molecule has 0 fully saturated rings. The van der Waals surface area contributed by atoms with Crippen molar-refractivity contribution in [3.63, 3.8) is 0 Å². The SMILES string of the molecule is CNc1ncc([N+](=O)[O-])c(Oc2cccc(F)c2C#N)n1. The molecule has 8 nitrogen and oxygen atoms in total. The van der Waals surface area contributed by atoms with Crippen LogP contribution < -0.4 is 10.1 Å². The summed E-state index contributed by atoms with van der Waals surface area (Å²) in [6, 6.07) is 5.34. The van der Waals surface area contributed by atoms with Gasteiger partial charge in [0, 0.05) is 7.05 Å². The van der Waals surface area contributed by atoms with Gasteiger partial charge in [0.2, 0.25) is 5.95 Å². The minimum atomic E-state index is -0.791. The van der Waals surface area contributed by atoms with Crippen LogP contribution in [0.5, 0.6) is 11.6 Å². The van der Waals surface area contributed by atoms with Crippen LogP contribution in [0.15, 0.2) is 24.4 Å². The summed E-state index contributed by atoms with van der Waals surface area (Å²) in [7, 11) is 1.52. The van der Waals surface area contributed by atoms with Crippen LogP contribution in [-0.2, 0) is 0 Å². The van der Waals surface area contributed by atoms with Crippen LogP contribution >= 0.6 is 0 Å². The van der Waals surface area contributed by atoms with Crippen molar-refractivity contribution >= 4 is 11.6 Å². The normalized spacial score (nSPS) is 9.76. The Morgan fingerprint density at radius 1 is 1.52 bits per heavy atom. The molecule has 0 aliphatic carbocycles. The zero-order valence-electron chi connectivity index (χ0n) is 10.7. The van der Waals surface area contributed by atoms with Crippen LogP contribution in [-0.4, -0.2) is 21.9 Å². The summed E-state index contributed by atoms with van der Waals surface area (Å²) >= 11 is 0. The van der Waals surface area contributed by atoms with Gasteiger partial charge in [0.05, 0.1) is 4.92 Å². The van der Waals surface area contributed by atoms with Gasteiger partial charge in [-0.1, -0.05) is 6.07 Å². The highest BCUT2D eigenvalue weighted by molar-refractivity contribution is 5.49. The summed E-state index contributed by atoms with van der Waals surface area (Å²) in [4.78, 5) is 17.7. The Labute approximate surface area is 118 Å². The van der Waals surface area contributed by atoms with Crippen molar-refractivity contribution in [3.8, 4) is 17.7 Å². The molecule has 0 amide bonds. The molecule has 1 heterocycles. The van der Waals surface area contributed by atoms with Gasteiger partial charge >= 0.3 is 11.6 Å². The van der Waals surface area contributed by atoms with E-state index in [9.17, 15) is 14.5 Å². The summed E-state index contributed by atoms with van der Waals surface area (Å²) in [6.07, 6.45) is 0.958. The van der Waals surface area contributed by atoms with Gasteiger partial charge in [-0.15, -0.1) is 0 Å². The van der Waals surface area contributed by atoms with Gasteiger partial charge in [0.1, 0.15) is 23.6 Å². The molecule has 106 valence electrons. The fourth-order valence-corrected chi connectivity index (χ4v) is 1.48. The quantitative estimate of drug-likeness (QED) is 0.677. The minimum Gasteiger partial charge on any atom is -0.432 e. The number of nitro groups is 1. The third-order valence-corrected chi connectivity index (χ3v) is 2.45. The van der Waals surface area contributed by atoms with E-state index in [1.165, 1.54) is 19.2 Å². The third kappa shape index (κ3) is 2.84. The van der Waals surface area contributed by atoms with Gasteiger partial charge < -0.3 is 10.1 Å². The molecular formula is C12H8FN5O3. The molecule has 2 aromatic rings. The lowest BCUT2D eigenvalue weighted by molar-refractivity contribution is -0.386. The van der Waals surface area contributed by atoms with E-state index in [1.54, 1.807) is 6.07 Å². The Bertz CT molecular complexity index is 744. The Hall–Kier alpha value is -3.28. The van der Waals surface area contributed by atoms with E-state index < -0.39 is 16.4 Å². The number of ether oxygens (including phenoxy) is 1. The van der Waals surface area contributed by atoms with E-state index >= 15 is 0 Å². The van der Waals surface area contributed by atoms with Crippen LogP contribution in [0.4, 0.5) is 16.0 Å². The average molecular weight is 289 g/mol. The number of hydrogen-bond acceptors (Lipinski definition) is 7. The van der Waals surface area contributed by atoms with Crippen molar-refractivity contribution in [2.75, 3.05) is 12.4 Å². The van der Waals surface area contributed by atoms with Crippen molar-refractivity contribution < 1.29 is 14.1 Å². The lowest BCUT2D eigenvalue weighted by atomic mass is 10.2. The number of anilines is 1. The molecule has 0 spiro atoms. The molecule has 0 radical (unpaired) electrons. The number of hydrogen-bond donors (Lipinski definition) is 1. The first-order chi connectivity index (χ1) is 10.1. The van der Waals surface area contributed by atoms with Crippen molar-refractivity contribution in [3.05, 3.63) is 45.9 Å². The molecule has 0 aliphatic rings. The van der Waals surface area contributed by atoms with Crippen molar-refractivity contribution in [2.24, 2.45) is 0 Å².